The molecule has 2 aliphatic heterocycles. The number of fused-ring (bicyclic) bond motifs is 6. The molecule has 198 valence electrons. The van der Waals surface area contributed by atoms with E-state index in [0.29, 0.717) is 23.0 Å². The molecule has 0 aromatic heterocycles. The molecular weight excluding hydrogens is 484 g/mol. The lowest BCUT2D eigenvalue weighted by Crippen LogP contribution is -2.34. The number of hydrogen-bond donors (Lipinski definition) is 2. The van der Waals surface area contributed by atoms with Crippen LogP contribution in [-0.2, 0) is 10.3 Å². The summed E-state index contributed by atoms with van der Waals surface area (Å²) in [5.74, 6) is 1.73. The fraction of sp³-hybridized carbons (Fsp3) is 0.265. The van der Waals surface area contributed by atoms with Crippen molar-refractivity contribution in [1.29, 1.82) is 0 Å². The second-order valence-electron chi connectivity index (χ2n) is 10.4. The Morgan fingerprint density at radius 3 is 2.44 bits per heavy atom. The van der Waals surface area contributed by atoms with Gasteiger partial charge in [-0.1, -0.05) is 75.6 Å². The average molecular weight is 519 g/mol. The van der Waals surface area contributed by atoms with Gasteiger partial charge in [0.25, 0.3) is 0 Å². The van der Waals surface area contributed by atoms with Crippen LogP contribution in [0.4, 0.5) is 17.1 Å². The highest BCUT2D eigenvalue weighted by Gasteiger charge is 2.54. The van der Waals surface area contributed by atoms with Crippen molar-refractivity contribution >= 4 is 23.0 Å². The van der Waals surface area contributed by atoms with Crippen molar-refractivity contribution in [1.82, 2.24) is 0 Å². The molecule has 1 spiro atoms. The van der Waals surface area contributed by atoms with Gasteiger partial charge in [-0.05, 0) is 60.9 Å². The van der Waals surface area contributed by atoms with Gasteiger partial charge in [0.2, 0.25) is 0 Å². The van der Waals surface area contributed by atoms with E-state index in [0.717, 1.165) is 46.7 Å². The zero-order chi connectivity index (χ0) is 26.8. The van der Waals surface area contributed by atoms with Crippen LogP contribution in [0.5, 0.6) is 11.5 Å². The van der Waals surface area contributed by atoms with E-state index in [2.05, 4.69) is 30.5 Å². The molecule has 2 heterocycles. The molecule has 2 N–H and O–H groups in total. The van der Waals surface area contributed by atoms with Crippen LogP contribution in [0.2, 0.25) is 0 Å². The Labute approximate surface area is 230 Å². The highest BCUT2D eigenvalue weighted by molar-refractivity contribution is 5.97. The zero-order valence-corrected chi connectivity index (χ0v) is 22.5. The lowest BCUT2D eigenvalue weighted by Gasteiger charge is -2.38. The summed E-state index contributed by atoms with van der Waals surface area (Å²) in [7, 11) is 0. The minimum Gasteiger partial charge on any atom is -0.456 e. The molecular formula is C34H34N2O3. The summed E-state index contributed by atoms with van der Waals surface area (Å²) in [6, 6.07) is 29.8. The Kier molecular flexibility index (Phi) is 6.74. The number of para-hydroxylation sites is 1. The van der Waals surface area contributed by atoms with E-state index in [1.165, 1.54) is 19.3 Å². The molecule has 39 heavy (non-hydrogen) atoms. The second-order valence-corrected chi connectivity index (χ2v) is 10.4. The smallest absolute Gasteiger partial charge is 0.340 e. The molecule has 0 saturated carbocycles. The first-order chi connectivity index (χ1) is 19.1. The first-order valence-electron chi connectivity index (χ1n) is 14.0. The van der Waals surface area contributed by atoms with Crippen molar-refractivity contribution in [2.45, 2.75) is 45.1 Å². The molecule has 5 nitrogen and oxygen atoms in total. The van der Waals surface area contributed by atoms with Gasteiger partial charge >= 0.3 is 5.97 Å². The van der Waals surface area contributed by atoms with Gasteiger partial charge in [0, 0.05) is 34.7 Å². The van der Waals surface area contributed by atoms with Gasteiger partial charge in [-0.3, -0.25) is 0 Å². The molecule has 6 rings (SSSR count). The number of hydrogen-bond acceptors (Lipinski definition) is 5. The zero-order valence-electron chi connectivity index (χ0n) is 22.5. The van der Waals surface area contributed by atoms with Crippen molar-refractivity contribution in [3.8, 4) is 11.5 Å². The van der Waals surface area contributed by atoms with Crippen molar-refractivity contribution in [3.63, 3.8) is 0 Å². The van der Waals surface area contributed by atoms with Crippen LogP contribution in [0.1, 0.15) is 66.6 Å². The fourth-order valence-electron chi connectivity index (χ4n) is 6.01. The maximum Gasteiger partial charge on any atom is 0.340 e. The summed E-state index contributed by atoms with van der Waals surface area (Å²) in [5, 5.41) is 7.18. The molecule has 0 aliphatic carbocycles. The number of carbonyl (C=O) groups is 1. The van der Waals surface area contributed by atoms with Crippen LogP contribution >= 0.6 is 0 Å². The average Bonchev–Trinajstić information content (AvgIpc) is 3.26. The predicted molar refractivity (Wildman–Crippen MR) is 156 cm³/mol. The van der Waals surface area contributed by atoms with E-state index >= 15 is 0 Å². The molecule has 0 saturated heterocycles. The van der Waals surface area contributed by atoms with Gasteiger partial charge < -0.3 is 20.1 Å². The van der Waals surface area contributed by atoms with Crippen LogP contribution < -0.4 is 15.4 Å². The normalized spacial score (nSPS) is 17.4. The van der Waals surface area contributed by atoms with E-state index in [1.807, 2.05) is 84.9 Å². The highest BCUT2D eigenvalue weighted by atomic mass is 16.6. The van der Waals surface area contributed by atoms with Crippen LogP contribution in [0.25, 0.3) is 0 Å². The summed E-state index contributed by atoms with van der Waals surface area (Å²) < 4.78 is 12.9. The minimum atomic E-state index is -1.12. The third-order valence-electron chi connectivity index (χ3n) is 7.93. The molecule has 4 aromatic carbocycles. The molecule has 4 aromatic rings. The van der Waals surface area contributed by atoms with E-state index in [4.69, 9.17) is 9.47 Å². The molecule has 2 unspecified atom stereocenters. The fourth-order valence-corrected chi connectivity index (χ4v) is 6.01. The largest absolute Gasteiger partial charge is 0.456 e. The van der Waals surface area contributed by atoms with Crippen molar-refractivity contribution in [2.24, 2.45) is 5.92 Å². The third kappa shape index (κ3) is 4.42. The number of nitrogens with one attached hydrogen (secondary N) is 2. The van der Waals surface area contributed by atoms with Gasteiger partial charge in [0.05, 0.1) is 11.1 Å². The Hall–Kier alpha value is -4.25. The van der Waals surface area contributed by atoms with E-state index in [9.17, 15) is 4.79 Å². The summed E-state index contributed by atoms with van der Waals surface area (Å²) >= 11 is 0. The number of anilines is 3. The molecule has 5 heteroatoms. The van der Waals surface area contributed by atoms with Crippen molar-refractivity contribution in [2.75, 3.05) is 17.2 Å². The topological polar surface area (TPSA) is 59.6 Å². The summed E-state index contributed by atoms with van der Waals surface area (Å²) in [4.78, 5) is 13.4. The second kappa shape index (κ2) is 10.5. The monoisotopic (exact) mass is 518 g/mol. The number of ether oxygens (including phenoxy) is 2. The quantitative estimate of drug-likeness (QED) is 0.217. The van der Waals surface area contributed by atoms with E-state index in [-0.39, 0.29) is 5.97 Å². The number of carbonyl (C=O) groups excluding carboxylic acids is 1. The van der Waals surface area contributed by atoms with Crippen LogP contribution in [0.3, 0.4) is 0 Å². The van der Waals surface area contributed by atoms with Gasteiger partial charge in [0.15, 0.2) is 5.60 Å². The Bertz CT molecular complexity index is 1500. The standard InChI is InChI=1S/C34H34N2O3/c1-3-11-23(4-2)20-21-35-29-16-10-17-31-32(29)34(27-15-9-8-14-26(27)33(37)39-34)28-22-25(18-19-30(28)38-31)36-24-12-6-5-7-13-24/h5-10,12-19,22-23,35-36H,3-4,11,20-21H2,1-2H3. The Morgan fingerprint density at radius 2 is 1.62 bits per heavy atom. The molecule has 2 atom stereocenters. The van der Waals surface area contributed by atoms with Gasteiger partial charge in [0.1, 0.15) is 11.5 Å². The molecule has 0 radical (unpaired) electrons. The predicted octanol–water partition coefficient (Wildman–Crippen LogP) is 8.63. The van der Waals surface area contributed by atoms with E-state index in [1.54, 1.807) is 0 Å². The van der Waals surface area contributed by atoms with Crippen molar-refractivity contribution < 1.29 is 14.3 Å². The SMILES string of the molecule is CCCC(CC)CCNc1cccc2c1C1(OC(=O)c3ccccc31)c1cc(Nc3ccccc3)ccc1O2. The summed E-state index contributed by atoms with van der Waals surface area (Å²) in [5.41, 5.74) is 4.75. The highest BCUT2D eigenvalue weighted by Crippen LogP contribution is 2.58. The van der Waals surface area contributed by atoms with Crippen molar-refractivity contribution in [3.05, 3.63) is 113 Å². The molecule has 0 fully saturated rings. The summed E-state index contributed by atoms with van der Waals surface area (Å²) in [6.07, 6.45) is 4.68. The first-order valence-corrected chi connectivity index (χ1v) is 14.0. The maximum absolute atomic E-state index is 13.4. The van der Waals surface area contributed by atoms with Gasteiger partial charge in [-0.2, -0.15) is 0 Å². The van der Waals surface area contributed by atoms with Crippen LogP contribution in [0.15, 0.2) is 91.0 Å². The summed E-state index contributed by atoms with van der Waals surface area (Å²) in [6.45, 7) is 5.35. The minimum absolute atomic E-state index is 0.324. The maximum atomic E-state index is 13.4. The lowest BCUT2D eigenvalue weighted by atomic mass is 9.76. The van der Waals surface area contributed by atoms with Crippen LogP contribution in [0, 0.1) is 5.92 Å². The molecule has 2 aliphatic rings. The Balaban J connectivity index is 1.47. The Morgan fingerprint density at radius 1 is 0.795 bits per heavy atom. The van der Waals surface area contributed by atoms with Crippen LogP contribution in [-0.4, -0.2) is 12.5 Å². The van der Waals surface area contributed by atoms with Gasteiger partial charge in [-0.15, -0.1) is 0 Å². The first kappa shape index (κ1) is 25.1. The number of rotatable bonds is 9. The van der Waals surface area contributed by atoms with Gasteiger partial charge in [-0.25, -0.2) is 4.79 Å². The number of benzene rings is 4. The lowest BCUT2D eigenvalue weighted by molar-refractivity contribution is 0.0227. The number of esters is 1. The van der Waals surface area contributed by atoms with E-state index < -0.39 is 5.60 Å². The third-order valence-corrected chi connectivity index (χ3v) is 7.93. The molecule has 0 bridgehead atoms. The molecule has 0 amide bonds.